The van der Waals surface area contributed by atoms with Gasteiger partial charge in [-0.2, -0.15) is 11.8 Å². The summed E-state index contributed by atoms with van der Waals surface area (Å²) in [6.07, 6.45) is 0. The van der Waals surface area contributed by atoms with Crippen molar-refractivity contribution in [1.29, 1.82) is 0 Å². The van der Waals surface area contributed by atoms with E-state index in [0.717, 1.165) is 17.9 Å². The summed E-state index contributed by atoms with van der Waals surface area (Å²) in [5.41, 5.74) is 0.794. The SMILES string of the molecule is CC1CNC(c2cc(F)c(Cl)cc2Cl)CS1. The van der Waals surface area contributed by atoms with E-state index in [1.165, 1.54) is 12.1 Å². The van der Waals surface area contributed by atoms with Gasteiger partial charge < -0.3 is 5.32 Å². The minimum Gasteiger partial charge on any atom is -0.308 e. The number of hydrogen-bond donors (Lipinski definition) is 1. The molecule has 1 aliphatic rings. The van der Waals surface area contributed by atoms with E-state index in [2.05, 4.69) is 12.2 Å². The Kier molecular flexibility index (Phi) is 4.01. The summed E-state index contributed by atoms with van der Waals surface area (Å²) >= 11 is 13.6. The Morgan fingerprint density at radius 2 is 2.12 bits per heavy atom. The third kappa shape index (κ3) is 2.65. The predicted molar refractivity (Wildman–Crippen MR) is 69.1 cm³/mol. The number of thioether (sulfide) groups is 1. The average Bonchev–Trinajstić information content (AvgIpc) is 2.25. The summed E-state index contributed by atoms with van der Waals surface area (Å²) in [6, 6.07) is 3.01. The van der Waals surface area contributed by atoms with Gasteiger partial charge in [-0.1, -0.05) is 30.1 Å². The molecule has 1 nitrogen and oxygen atoms in total. The van der Waals surface area contributed by atoms with E-state index in [1.54, 1.807) is 0 Å². The Morgan fingerprint density at radius 3 is 2.75 bits per heavy atom. The summed E-state index contributed by atoms with van der Waals surface area (Å²) in [5, 5.41) is 4.55. The maximum absolute atomic E-state index is 13.4. The zero-order chi connectivity index (χ0) is 11.7. The van der Waals surface area contributed by atoms with Crippen LogP contribution in [0.15, 0.2) is 12.1 Å². The fourth-order valence-corrected chi connectivity index (χ4v) is 3.24. The van der Waals surface area contributed by atoms with Crippen LogP contribution in [0.25, 0.3) is 0 Å². The molecule has 1 aromatic carbocycles. The first kappa shape index (κ1) is 12.5. The van der Waals surface area contributed by atoms with Crippen LogP contribution in [-0.4, -0.2) is 17.5 Å². The molecule has 2 unspecified atom stereocenters. The highest BCUT2D eigenvalue weighted by atomic mass is 35.5. The molecule has 1 fully saturated rings. The Morgan fingerprint density at radius 1 is 1.38 bits per heavy atom. The summed E-state index contributed by atoms with van der Waals surface area (Å²) in [6.45, 7) is 3.08. The van der Waals surface area contributed by atoms with Gasteiger partial charge in [0.15, 0.2) is 0 Å². The minimum absolute atomic E-state index is 0.0746. The molecule has 5 heteroatoms. The van der Waals surface area contributed by atoms with Gasteiger partial charge in [0.2, 0.25) is 0 Å². The molecular formula is C11H12Cl2FNS. The average molecular weight is 280 g/mol. The van der Waals surface area contributed by atoms with Crippen LogP contribution in [0.4, 0.5) is 4.39 Å². The van der Waals surface area contributed by atoms with Gasteiger partial charge in [0.25, 0.3) is 0 Å². The van der Waals surface area contributed by atoms with Gasteiger partial charge in [-0.05, 0) is 17.7 Å². The Balaban J connectivity index is 2.23. The van der Waals surface area contributed by atoms with Crippen molar-refractivity contribution in [1.82, 2.24) is 5.32 Å². The van der Waals surface area contributed by atoms with Gasteiger partial charge in [-0.25, -0.2) is 4.39 Å². The van der Waals surface area contributed by atoms with E-state index in [-0.39, 0.29) is 11.1 Å². The molecule has 1 aromatic rings. The maximum Gasteiger partial charge on any atom is 0.142 e. The van der Waals surface area contributed by atoms with Crippen LogP contribution in [0.3, 0.4) is 0 Å². The van der Waals surface area contributed by atoms with Gasteiger partial charge in [-0.15, -0.1) is 0 Å². The van der Waals surface area contributed by atoms with Crippen LogP contribution in [0.5, 0.6) is 0 Å². The number of benzene rings is 1. The Bertz CT molecular complexity index is 392. The molecule has 2 rings (SSSR count). The van der Waals surface area contributed by atoms with Gasteiger partial charge in [0.1, 0.15) is 5.82 Å². The maximum atomic E-state index is 13.4. The molecule has 2 atom stereocenters. The number of halogens is 3. The summed E-state index contributed by atoms with van der Waals surface area (Å²) in [4.78, 5) is 0. The van der Waals surface area contributed by atoms with Crippen LogP contribution < -0.4 is 5.32 Å². The van der Waals surface area contributed by atoms with Crippen LogP contribution in [0, 0.1) is 5.82 Å². The third-order valence-corrected chi connectivity index (χ3v) is 4.49. The standard InChI is InChI=1S/C11H12Cl2FNS/c1-6-4-15-11(5-16-6)7-2-10(14)9(13)3-8(7)12/h2-3,6,11,15H,4-5H2,1H3. The van der Waals surface area contributed by atoms with Gasteiger partial charge in [-0.3, -0.25) is 0 Å². The highest BCUT2D eigenvalue weighted by Gasteiger charge is 2.22. The molecule has 0 bridgehead atoms. The summed E-state index contributed by atoms with van der Waals surface area (Å²) in [5.74, 6) is 0.494. The molecule has 0 aromatic heterocycles. The molecule has 1 heterocycles. The normalized spacial score (nSPS) is 25.8. The van der Waals surface area contributed by atoms with E-state index in [0.29, 0.717) is 10.3 Å². The molecule has 16 heavy (non-hydrogen) atoms. The molecule has 0 radical (unpaired) electrons. The van der Waals surface area contributed by atoms with Crippen LogP contribution >= 0.6 is 35.0 Å². The largest absolute Gasteiger partial charge is 0.308 e. The first-order valence-corrected chi connectivity index (χ1v) is 6.88. The quantitative estimate of drug-likeness (QED) is 0.783. The van der Waals surface area contributed by atoms with E-state index < -0.39 is 5.82 Å². The predicted octanol–water partition coefficient (Wildman–Crippen LogP) is 3.90. The first-order valence-electron chi connectivity index (χ1n) is 5.07. The number of nitrogens with one attached hydrogen (secondary N) is 1. The van der Waals surface area contributed by atoms with Crippen LogP contribution in [0.1, 0.15) is 18.5 Å². The van der Waals surface area contributed by atoms with Gasteiger partial charge in [0, 0.05) is 28.6 Å². The lowest BCUT2D eigenvalue weighted by Crippen LogP contribution is -2.34. The lowest BCUT2D eigenvalue weighted by molar-refractivity contribution is 0.556. The molecule has 0 saturated carbocycles. The van der Waals surface area contributed by atoms with Crippen molar-refractivity contribution in [3.63, 3.8) is 0 Å². The molecule has 0 amide bonds. The van der Waals surface area contributed by atoms with Crippen LogP contribution in [-0.2, 0) is 0 Å². The molecular weight excluding hydrogens is 268 g/mol. The summed E-state index contributed by atoms with van der Waals surface area (Å²) in [7, 11) is 0. The molecule has 1 saturated heterocycles. The van der Waals surface area contributed by atoms with Crippen molar-refractivity contribution in [2.75, 3.05) is 12.3 Å². The second-order valence-electron chi connectivity index (χ2n) is 3.89. The van der Waals surface area contributed by atoms with E-state index >= 15 is 0 Å². The molecule has 88 valence electrons. The lowest BCUT2D eigenvalue weighted by Gasteiger charge is -2.28. The summed E-state index contributed by atoms with van der Waals surface area (Å²) < 4.78 is 13.4. The van der Waals surface area contributed by atoms with Crippen molar-refractivity contribution in [3.8, 4) is 0 Å². The van der Waals surface area contributed by atoms with Crippen LogP contribution in [0.2, 0.25) is 10.0 Å². The fourth-order valence-electron chi connectivity index (χ4n) is 1.69. The zero-order valence-corrected chi connectivity index (χ0v) is 11.1. The monoisotopic (exact) mass is 279 g/mol. The third-order valence-electron chi connectivity index (χ3n) is 2.61. The molecule has 0 aliphatic carbocycles. The van der Waals surface area contributed by atoms with E-state index in [9.17, 15) is 4.39 Å². The van der Waals surface area contributed by atoms with Gasteiger partial charge >= 0.3 is 0 Å². The van der Waals surface area contributed by atoms with Crippen molar-refractivity contribution in [3.05, 3.63) is 33.6 Å². The van der Waals surface area contributed by atoms with Gasteiger partial charge in [0.05, 0.1) is 5.02 Å². The van der Waals surface area contributed by atoms with Crippen molar-refractivity contribution < 1.29 is 4.39 Å². The second kappa shape index (κ2) is 5.13. The van der Waals surface area contributed by atoms with E-state index in [1.807, 2.05) is 11.8 Å². The van der Waals surface area contributed by atoms with Crippen molar-refractivity contribution in [2.45, 2.75) is 18.2 Å². The zero-order valence-electron chi connectivity index (χ0n) is 8.77. The Labute approximate surface area is 109 Å². The van der Waals surface area contributed by atoms with Crippen molar-refractivity contribution >= 4 is 35.0 Å². The number of rotatable bonds is 1. The molecule has 1 aliphatic heterocycles. The molecule has 1 N–H and O–H groups in total. The second-order valence-corrected chi connectivity index (χ2v) is 6.18. The molecule has 0 spiro atoms. The van der Waals surface area contributed by atoms with Crippen molar-refractivity contribution in [2.24, 2.45) is 0 Å². The topological polar surface area (TPSA) is 12.0 Å². The van der Waals surface area contributed by atoms with E-state index in [4.69, 9.17) is 23.2 Å². The smallest absolute Gasteiger partial charge is 0.142 e. The lowest BCUT2D eigenvalue weighted by atomic mass is 10.1. The minimum atomic E-state index is -0.411. The Hall–Kier alpha value is 0.0400. The first-order chi connectivity index (χ1) is 7.58. The number of hydrogen-bond acceptors (Lipinski definition) is 2. The fraction of sp³-hybridized carbons (Fsp3) is 0.455. The highest BCUT2D eigenvalue weighted by Crippen LogP contribution is 2.33. The highest BCUT2D eigenvalue weighted by molar-refractivity contribution is 8.00.